The quantitative estimate of drug-likeness (QED) is 0.847. The highest BCUT2D eigenvalue weighted by molar-refractivity contribution is 7.84. The normalized spacial score (nSPS) is 14.1. The van der Waals surface area contributed by atoms with Gasteiger partial charge in [0, 0.05) is 28.9 Å². The van der Waals surface area contributed by atoms with Crippen LogP contribution in [0.25, 0.3) is 5.95 Å². The Hall–Kier alpha value is -1.61. The van der Waals surface area contributed by atoms with Gasteiger partial charge in [0.1, 0.15) is 12.7 Å². The lowest BCUT2D eigenvalue weighted by Crippen LogP contribution is -2.22. The molecule has 0 aliphatic carbocycles. The Bertz CT molecular complexity index is 576. The molecule has 0 saturated heterocycles. The average molecular weight is 302 g/mol. The number of nitrogens with zero attached hydrogens (tertiary/aromatic N) is 6. The number of hydrogen-bond donors (Lipinski definition) is 1. The van der Waals surface area contributed by atoms with E-state index in [9.17, 15) is 4.21 Å². The van der Waals surface area contributed by atoms with Crippen LogP contribution in [0.4, 0.5) is 5.95 Å². The fourth-order valence-corrected chi connectivity index (χ4v) is 1.66. The topological polar surface area (TPSA) is 98.5 Å². The van der Waals surface area contributed by atoms with Crippen LogP contribution in [-0.4, -0.2) is 52.0 Å². The number of nitrogens with one attached hydrogen (secondary N) is 1. The van der Waals surface area contributed by atoms with Crippen LogP contribution >= 0.6 is 11.6 Å². The second-order valence-electron chi connectivity index (χ2n) is 3.76. The van der Waals surface area contributed by atoms with Crippen LogP contribution < -0.4 is 5.32 Å². The highest BCUT2D eigenvalue weighted by atomic mass is 35.5. The third kappa shape index (κ3) is 3.67. The Morgan fingerprint density at radius 1 is 1.47 bits per heavy atom. The standard InChI is InChI=1S/C9H12ClN7OS/c1-6(19(2)18)3-12-8-14-7(10)15-9(16-8)17-5-11-4-13-17/h4-6H,3H2,1-2H3,(H,12,14,15,16). The van der Waals surface area contributed by atoms with Crippen LogP contribution in [0.15, 0.2) is 12.7 Å². The Morgan fingerprint density at radius 2 is 2.26 bits per heavy atom. The molecule has 0 radical (unpaired) electrons. The maximum Gasteiger partial charge on any atom is 0.258 e. The van der Waals surface area contributed by atoms with Crippen LogP contribution in [0.5, 0.6) is 0 Å². The largest absolute Gasteiger partial charge is 0.353 e. The minimum atomic E-state index is -0.918. The summed E-state index contributed by atoms with van der Waals surface area (Å²) in [5.41, 5.74) is 0. The van der Waals surface area contributed by atoms with E-state index >= 15 is 0 Å². The second kappa shape index (κ2) is 6.02. The molecule has 0 aliphatic heterocycles. The summed E-state index contributed by atoms with van der Waals surface area (Å²) in [5, 5.41) is 6.90. The molecule has 2 unspecified atom stereocenters. The summed E-state index contributed by atoms with van der Waals surface area (Å²) in [4.78, 5) is 15.8. The molecule has 2 atom stereocenters. The van der Waals surface area contributed by atoms with Crippen molar-refractivity contribution in [1.29, 1.82) is 0 Å². The molecule has 2 heterocycles. The lowest BCUT2D eigenvalue weighted by molar-refractivity contribution is 0.678. The van der Waals surface area contributed by atoms with Crippen molar-refractivity contribution in [3.63, 3.8) is 0 Å². The van der Waals surface area contributed by atoms with Gasteiger partial charge in [-0.2, -0.15) is 24.7 Å². The van der Waals surface area contributed by atoms with E-state index < -0.39 is 10.8 Å². The van der Waals surface area contributed by atoms with Gasteiger partial charge in [0.25, 0.3) is 5.95 Å². The van der Waals surface area contributed by atoms with E-state index in [1.165, 1.54) is 17.3 Å². The van der Waals surface area contributed by atoms with Gasteiger partial charge in [0.2, 0.25) is 11.2 Å². The molecule has 0 saturated carbocycles. The third-order valence-electron chi connectivity index (χ3n) is 2.33. The summed E-state index contributed by atoms with van der Waals surface area (Å²) < 4.78 is 12.6. The minimum absolute atomic E-state index is 0.0228. The van der Waals surface area contributed by atoms with E-state index in [0.29, 0.717) is 12.5 Å². The molecule has 8 nitrogen and oxygen atoms in total. The first kappa shape index (κ1) is 13.8. The predicted octanol–water partition coefficient (Wildman–Crippen LogP) is 0.285. The van der Waals surface area contributed by atoms with Crippen LogP contribution in [-0.2, 0) is 10.8 Å². The van der Waals surface area contributed by atoms with Crippen LogP contribution in [0.3, 0.4) is 0 Å². The van der Waals surface area contributed by atoms with Crippen molar-refractivity contribution in [2.24, 2.45) is 0 Å². The first-order valence-corrected chi connectivity index (χ1v) is 7.39. The molecule has 102 valence electrons. The van der Waals surface area contributed by atoms with Crippen molar-refractivity contribution in [2.45, 2.75) is 12.2 Å². The van der Waals surface area contributed by atoms with Crippen LogP contribution in [0, 0.1) is 0 Å². The lowest BCUT2D eigenvalue weighted by Gasteiger charge is -2.10. The van der Waals surface area contributed by atoms with E-state index in [1.807, 2.05) is 6.92 Å². The molecule has 1 N–H and O–H groups in total. The fraction of sp³-hybridized carbons (Fsp3) is 0.444. The number of halogens is 1. The number of aromatic nitrogens is 6. The smallest absolute Gasteiger partial charge is 0.258 e. The predicted molar refractivity (Wildman–Crippen MR) is 71.8 cm³/mol. The average Bonchev–Trinajstić information content (AvgIpc) is 2.89. The first-order valence-electron chi connectivity index (χ1n) is 5.39. The molecule has 0 fully saturated rings. The highest BCUT2D eigenvalue weighted by Gasteiger charge is 2.10. The maximum atomic E-state index is 11.3. The van der Waals surface area contributed by atoms with E-state index in [2.05, 4.69) is 30.4 Å². The summed E-state index contributed by atoms with van der Waals surface area (Å²) >= 11 is 5.82. The second-order valence-corrected chi connectivity index (χ2v) is 5.90. The maximum absolute atomic E-state index is 11.3. The molecular weight excluding hydrogens is 290 g/mol. The van der Waals surface area contributed by atoms with Crippen molar-refractivity contribution in [3.05, 3.63) is 17.9 Å². The molecule has 2 rings (SSSR count). The summed E-state index contributed by atoms with van der Waals surface area (Å²) in [6.07, 6.45) is 4.47. The molecule has 0 amide bonds. The van der Waals surface area contributed by atoms with Crippen molar-refractivity contribution < 1.29 is 4.21 Å². The van der Waals surface area contributed by atoms with Gasteiger partial charge >= 0.3 is 0 Å². The molecule has 2 aromatic rings. The van der Waals surface area contributed by atoms with Gasteiger partial charge in [-0.1, -0.05) is 0 Å². The van der Waals surface area contributed by atoms with Gasteiger partial charge in [-0.05, 0) is 18.5 Å². The number of hydrogen-bond acceptors (Lipinski definition) is 7. The third-order valence-corrected chi connectivity index (χ3v) is 3.80. The van der Waals surface area contributed by atoms with Crippen LogP contribution in [0.2, 0.25) is 5.28 Å². The monoisotopic (exact) mass is 301 g/mol. The van der Waals surface area contributed by atoms with E-state index in [4.69, 9.17) is 11.6 Å². The van der Waals surface area contributed by atoms with E-state index in [-0.39, 0.29) is 16.5 Å². The molecular formula is C9H12ClN7OS. The molecule has 0 spiro atoms. The number of rotatable bonds is 5. The number of anilines is 1. The Labute approximate surface area is 117 Å². The van der Waals surface area contributed by atoms with E-state index in [1.54, 1.807) is 6.26 Å². The van der Waals surface area contributed by atoms with E-state index in [0.717, 1.165) is 0 Å². The van der Waals surface area contributed by atoms with Crippen molar-refractivity contribution in [3.8, 4) is 5.95 Å². The summed E-state index contributed by atoms with van der Waals surface area (Å²) in [5.74, 6) is 0.577. The zero-order valence-corrected chi connectivity index (χ0v) is 11.9. The Morgan fingerprint density at radius 3 is 2.89 bits per heavy atom. The molecule has 2 aromatic heterocycles. The fourth-order valence-electron chi connectivity index (χ4n) is 1.19. The van der Waals surface area contributed by atoms with Crippen molar-refractivity contribution in [2.75, 3.05) is 18.1 Å². The molecule has 10 heteroatoms. The summed E-state index contributed by atoms with van der Waals surface area (Å²) in [6, 6.07) is 0. The van der Waals surface area contributed by atoms with Crippen molar-refractivity contribution >= 4 is 28.3 Å². The van der Waals surface area contributed by atoms with Gasteiger partial charge in [0.15, 0.2) is 0 Å². The molecule has 0 bridgehead atoms. The van der Waals surface area contributed by atoms with Gasteiger partial charge in [-0.25, -0.2) is 4.98 Å². The zero-order chi connectivity index (χ0) is 13.8. The summed E-state index contributed by atoms with van der Waals surface area (Å²) in [6.45, 7) is 2.34. The molecule has 0 aliphatic rings. The van der Waals surface area contributed by atoms with Gasteiger partial charge < -0.3 is 5.32 Å². The Balaban J connectivity index is 2.16. The van der Waals surface area contributed by atoms with Crippen LogP contribution in [0.1, 0.15) is 6.92 Å². The lowest BCUT2D eigenvalue weighted by atomic mass is 10.5. The van der Waals surface area contributed by atoms with Gasteiger partial charge in [0.05, 0.1) is 0 Å². The highest BCUT2D eigenvalue weighted by Crippen LogP contribution is 2.08. The SMILES string of the molecule is CC(CNc1nc(Cl)nc(-n2cncn2)n1)S(C)=O. The van der Waals surface area contributed by atoms with Crippen molar-refractivity contribution in [1.82, 2.24) is 29.7 Å². The van der Waals surface area contributed by atoms with Gasteiger partial charge in [-0.15, -0.1) is 0 Å². The molecule has 19 heavy (non-hydrogen) atoms. The first-order chi connectivity index (χ1) is 9.06. The zero-order valence-electron chi connectivity index (χ0n) is 10.3. The molecule has 0 aromatic carbocycles. The Kier molecular flexibility index (Phi) is 4.38. The van der Waals surface area contributed by atoms with Gasteiger partial charge in [-0.3, -0.25) is 4.21 Å². The summed E-state index contributed by atoms with van der Waals surface area (Å²) in [7, 11) is -0.918. The minimum Gasteiger partial charge on any atom is -0.353 e.